The first kappa shape index (κ1) is 29.8. The highest BCUT2D eigenvalue weighted by Crippen LogP contribution is 2.47. The second-order valence-corrected chi connectivity index (χ2v) is 14.3. The molecule has 2 fully saturated rings. The van der Waals surface area contributed by atoms with Gasteiger partial charge in [-0.25, -0.2) is 9.97 Å². The topological polar surface area (TPSA) is 78.3 Å². The Balaban J connectivity index is 1.24. The number of carbonyl (C=O) groups excluding carboxylic acids is 1. The summed E-state index contributed by atoms with van der Waals surface area (Å²) < 4.78 is 2.16. The Morgan fingerprint density at radius 2 is 1.78 bits per heavy atom. The predicted octanol–water partition coefficient (Wildman–Crippen LogP) is 7.21. The van der Waals surface area contributed by atoms with Crippen molar-refractivity contribution in [3.63, 3.8) is 0 Å². The van der Waals surface area contributed by atoms with Crippen LogP contribution in [0.4, 0.5) is 17.2 Å². The molecule has 7 rings (SSSR count). The number of nitrogens with zero attached hydrogens (tertiary/aromatic N) is 5. The molecule has 2 aromatic heterocycles. The molecule has 2 aliphatic heterocycles. The number of hydrogen-bond donors (Lipinski definition) is 2. The molecule has 0 spiro atoms. The third-order valence-electron chi connectivity index (χ3n) is 10.4. The molecule has 1 aliphatic carbocycles. The first-order chi connectivity index (χ1) is 21.6. The number of piperidine rings is 1. The fourth-order valence-electron chi connectivity index (χ4n) is 7.72. The maximum atomic E-state index is 12.6. The van der Waals surface area contributed by atoms with Gasteiger partial charge in [0.1, 0.15) is 5.52 Å². The average Bonchev–Trinajstić information content (AvgIpc) is 3.56. The van der Waals surface area contributed by atoms with E-state index in [1.54, 1.807) is 7.05 Å². The quantitative estimate of drug-likeness (QED) is 0.232. The zero-order chi connectivity index (χ0) is 31.5. The summed E-state index contributed by atoms with van der Waals surface area (Å²) in [6.07, 6.45) is 8.53. The van der Waals surface area contributed by atoms with E-state index in [1.807, 2.05) is 31.5 Å². The van der Waals surface area contributed by atoms with Gasteiger partial charge in [0.2, 0.25) is 0 Å². The standard InChI is InChI=1S/C37H47N7O/c1-23(2)44-22-39-32-20-31(41-35(34(32)44)40-26-12-10-24(3)29(17-26)36(45)38-6)25-11-13-30-33(16-25)43(21-37(30,4)5)28-18-27(19-28)42-14-8-7-9-15-42/h10-13,16-17,20,22-23,27-28H,7-9,14-15,18-19,21H2,1-6H3,(H,38,45)(H,40,41)/t27-,28+. The number of aryl methyl sites for hydroxylation is 1. The second kappa shape index (κ2) is 11.5. The van der Waals surface area contributed by atoms with Crippen LogP contribution in [0.2, 0.25) is 0 Å². The molecule has 2 aromatic carbocycles. The number of likely N-dealkylation sites (tertiary alicyclic amines) is 1. The SMILES string of the molecule is CNC(=O)c1cc(Nc2nc(-c3ccc4c(c3)N([C@H]3C[C@@H](N5CCCCC5)C3)CC4(C)C)cc3ncn(C(C)C)c23)ccc1C. The van der Waals surface area contributed by atoms with Gasteiger partial charge in [0, 0.05) is 59.6 Å². The predicted molar refractivity (Wildman–Crippen MR) is 184 cm³/mol. The van der Waals surface area contributed by atoms with Gasteiger partial charge in [0.05, 0.1) is 17.5 Å². The van der Waals surface area contributed by atoms with Gasteiger partial charge in [0.25, 0.3) is 5.91 Å². The number of benzene rings is 2. The number of anilines is 3. The minimum Gasteiger partial charge on any atom is -0.367 e. The summed E-state index contributed by atoms with van der Waals surface area (Å²) in [5.41, 5.74) is 9.14. The molecule has 4 heterocycles. The van der Waals surface area contributed by atoms with Crippen LogP contribution in [0.25, 0.3) is 22.3 Å². The molecule has 3 aliphatic rings. The van der Waals surface area contributed by atoms with E-state index < -0.39 is 0 Å². The van der Waals surface area contributed by atoms with E-state index in [9.17, 15) is 4.79 Å². The van der Waals surface area contributed by atoms with Crippen molar-refractivity contribution in [3.8, 4) is 11.3 Å². The Bertz CT molecular complexity index is 1740. The van der Waals surface area contributed by atoms with Crippen LogP contribution in [0.1, 0.15) is 87.3 Å². The Morgan fingerprint density at radius 3 is 2.51 bits per heavy atom. The monoisotopic (exact) mass is 605 g/mol. The molecule has 1 saturated carbocycles. The van der Waals surface area contributed by atoms with E-state index in [0.717, 1.165) is 51.9 Å². The number of hydrogen-bond acceptors (Lipinski definition) is 6. The van der Waals surface area contributed by atoms with E-state index in [0.29, 0.717) is 11.6 Å². The highest BCUT2D eigenvalue weighted by molar-refractivity contribution is 5.97. The number of fused-ring (bicyclic) bond motifs is 2. The third-order valence-corrected chi connectivity index (χ3v) is 10.4. The van der Waals surface area contributed by atoms with Gasteiger partial charge in [-0.05, 0) is 94.9 Å². The normalized spacial score (nSPS) is 21.2. The second-order valence-electron chi connectivity index (χ2n) is 14.3. The first-order valence-corrected chi connectivity index (χ1v) is 16.8. The average molecular weight is 606 g/mol. The number of amides is 1. The summed E-state index contributed by atoms with van der Waals surface area (Å²) in [5, 5.41) is 6.32. The number of carbonyl (C=O) groups is 1. The summed E-state index contributed by atoms with van der Waals surface area (Å²) >= 11 is 0. The highest BCUT2D eigenvalue weighted by atomic mass is 16.1. The van der Waals surface area contributed by atoms with Crippen molar-refractivity contribution in [2.45, 2.75) is 90.3 Å². The Hall–Kier alpha value is -3.91. The summed E-state index contributed by atoms with van der Waals surface area (Å²) in [6, 6.07) is 16.5. The summed E-state index contributed by atoms with van der Waals surface area (Å²) in [5.74, 6) is 0.635. The maximum absolute atomic E-state index is 12.6. The molecule has 0 atom stereocenters. The largest absolute Gasteiger partial charge is 0.367 e. The lowest BCUT2D eigenvalue weighted by Gasteiger charge is -2.48. The lowest BCUT2D eigenvalue weighted by atomic mass is 9.83. The van der Waals surface area contributed by atoms with Crippen molar-refractivity contribution >= 4 is 34.1 Å². The molecule has 8 nitrogen and oxygen atoms in total. The van der Waals surface area contributed by atoms with Crippen molar-refractivity contribution in [2.75, 3.05) is 36.9 Å². The lowest BCUT2D eigenvalue weighted by molar-refractivity contribution is 0.0873. The molecule has 4 aromatic rings. The van der Waals surface area contributed by atoms with Crippen LogP contribution in [0, 0.1) is 6.92 Å². The maximum Gasteiger partial charge on any atom is 0.251 e. The highest BCUT2D eigenvalue weighted by Gasteiger charge is 2.44. The number of pyridine rings is 1. The van der Waals surface area contributed by atoms with Crippen molar-refractivity contribution < 1.29 is 4.79 Å². The molecule has 0 unspecified atom stereocenters. The third kappa shape index (κ3) is 5.37. The Labute approximate surface area is 267 Å². The number of nitrogens with one attached hydrogen (secondary N) is 2. The Kier molecular flexibility index (Phi) is 7.59. The van der Waals surface area contributed by atoms with Crippen LogP contribution >= 0.6 is 0 Å². The first-order valence-electron chi connectivity index (χ1n) is 16.8. The Morgan fingerprint density at radius 1 is 1.00 bits per heavy atom. The van der Waals surface area contributed by atoms with E-state index in [-0.39, 0.29) is 17.4 Å². The number of rotatable bonds is 7. The summed E-state index contributed by atoms with van der Waals surface area (Å²) in [7, 11) is 1.66. The van der Waals surface area contributed by atoms with Gasteiger partial charge in [-0.3, -0.25) is 4.79 Å². The van der Waals surface area contributed by atoms with E-state index in [2.05, 4.69) is 77.0 Å². The van der Waals surface area contributed by atoms with Gasteiger partial charge in [-0.1, -0.05) is 38.5 Å². The van der Waals surface area contributed by atoms with E-state index >= 15 is 0 Å². The summed E-state index contributed by atoms with van der Waals surface area (Å²) in [6.45, 7) is 14.6. The zero-order valence-electron chi connectivity index (χ0n) is 27.7. The van der Waals surface area contributed by atoms with Crippen LogP contribution in [-0.2, 0) is 5.41 Å². The van der Waals surface area contributed by atoms with Crippen LogP contribution in [-0.4, -0.2) is 64.1 Å². The van der Waals surface area contributed by atoms with Crippen LogP contribution in [0.5, 0.6) is 0 Å². The minimum atomic E-state index is -0.102. The minimum absolute atomic E-state index is 0.102. The van der Waals surface area contributed by atoms with Crippen LogP contribution in [0.3, 0.4) is 0 Å². The van der Waals surface area contributed by atoms with Crippen LogP contribution < -0.4 is 15.5 Å². The molecular weight excluding hydrogens is 558 g/mol. The van der Waals surface area contributed by atoms with Gasteiger partial charge in [0.15, 0.2) is 5.82 Å². The number of aromatic nitrogens is 3. The van der Waals surface area contributed by atoms with Gasteiger partial charge in [-0.2, -0.15) is 0 Å². The van der Waals surface area contributed by atoms with Gasteiger partial charge >= 0.3 is 0 Å². The van der Waals surface area contributed by atoms with Crippen molar-refractivity contribution in [1.29, 1.82) is 0 Å². The fourth-order valence-corrected chi connectivity index (χ4v) is 7.72. The molecule has 0 bridgehead atoms. The molecule has 236 valence electrons. The fraction of sp³-hybridized carbons (Fsp3) is 0.486. The van der Waals surface area contributed by atoms with Gasteiger partial charge < -0.3 is 25.0 Å². The van der Waals surface area contributed by atoms with E-state index in [4.69, 9.17) is 9.97 Å². The molecule has 45 heavy (non-hydrogen) atoms. The molecule has 0 radical (unpaired) electrons. The molecule has 1 amide bonds. The smallest absolute Gasteiger partial charge is 0.251 e. The van der Waals surface area contributed by atoms with Crippen LogP contribution in [0.15, 0.2) is 48.8 Å². The van der Waals surface area contributed by atoms with E-state index in [1.165, 1.54) is 56.4 Å². The molecular formula is C37H47N7O. The molecule has 8 heteroatoms. The van der Waals surface area contributed by atoms with Crippen molar-refractivity contribution in [3.05, 3.63) is 65.5 Å². The molecule has 1 saturated heterocycles. The van der Waals surface area contributed by atoms with Gasteiger partial charge in [-0.15, -0.1) is 0 Å². The zero-order valence-corrected chi connectivity index (χ0v) is 27.7. The molecule has 2 N–H and O–H groups in total. The van der Waals surface area contributed by atoms with Crippen molar-refractivity contribution in [1.82, 2.24) is 24.8 Å². The van der Waals surface area contributed by atoms with Crippen molar-refractivity contribution in [2.24, 2.45) is 0 Å². The summed E-state index contributed by atoms with van der Waals surface area (Å²) in [4.78, 5) is 28.1. The lowest BCUT2D eigenvalue weighted by Crippen LogP contribution is -2.55. The number of imidazole rings is 1.